The van der Waals surface area contributed by atoms with Crippen LogP contribution in [-0.2, 0) is 21.1 Å². The molecule has 0 aliphatic heterocycles. The summed E-state index contributed by atoms with van der Waals surface area (Å²) in [4.78, 5) is 27.9. The molecule has 2 atom stereocenters. The summed E-state index contributed by atoms with van der Waals surface area (Å²) in [6.07, 6.45) is 0.998. The number of methoxy groups -OCH3 is 2. The molecule has 0 aliphatic rings. The van der Waals surface area contributed by atoms with Crippen LogP contribution in [0.2, 0.25) is 0 Å². The zero-order valence-electron chi connectivity index (χ0n) is 25.3. The third-order valence-electron chi connectivity index (χ3n) is 7.02. The van der Waals surface area contributed by atoms with Crippen LogP contribution < -0.4 is 16.5 Å². The fourth-order valence-corrected chi connectivity index (χ4v) is 7.31. The lowest BCUT2D eigenvalue weighted by molar-refractivity contribution is -0.140. The fourth-order valence-electron chi connectivity index (χ4n) is 4.24. The molecule has 0 saturated carbocycles. The monoisotopic (exact) mass is 874 g/mol. The second-order valence-electron chi connectivity index (χ2n) is 10.1. The second kappa shape index (κ2) is 23.3. The van der Waals surface area contributed by atoms with E-state index >= 15 is 0 Å². The molecule has 0 radical (unpaired) electrons. The van der Waals surface area contributed by atoms with Gasteiger partial charge in [0, 0.05) is 108 Å². The van der Waals surface area contributed by atoms with Gasteiger partial charge in [-0.1, -0.05) is 24.3 Å². The molecule has 0 bridgehead atoms. The maximum Gasteiger partial charge on any atom is 0.321 e. The molecule has 0 amide bonds. The number of aliphatic carboxylic acids is 2. The predicted molar refractivity (Wildman–Crippen MR) is 198 cm³/mol. The van der Waals surface area contributed by atoms with Crippen molar-refractivity contribution >= 4 is 81.2 Å². The van der Waals surface area contributed by atoms with E-state index in [2.05, 4.69) is 41.1 Å². The third-order valence-corrected chi connectivity index (χ3v) is 10.5. The minimum atomic E-state index is -0.852. The van der Waals surface area contributed by atoms with E-state index < -0.39 is 24.0 Å². The summed E-state index contributed by atoms with van der Waals surface area (Å²) < 4.78 is 16.2. The summed E-state index contributed by atoms with van der Waals surface area (Å²) in [6.45, 7) is 4.53. The first-order valence-electron chi connectivity index (χ1n) is 14.3. The van der Waals surface area contributed by atoms with Gasteiger partial charge in [-0.25, -0.2) is 7.06 Å². The highest BCUT2D eigenvalue weighted by Crippen LogP contribution is 2.18. The van der Waals surface area contributed by atoms with Crippen LogP contribution in [0, 0.1) is 0 Å². The Labute approximate surface area is 297 Å². The van der Waals surface area contributed by atoms with Gasteiger partial charge in [-0.05, 0) is 48.2 Å². The van der Waals surface area contributed by atoms with Crippen molar-refractivity contribution < 1.29 is 29.3 Å². The van der Waals surface area contributed by atoms with E-state index in [-0.39, 0.29) is 0 Å². The normalized spacial score (nSPS) is 12.8. The van der Waals surface area contributed by atoms with E-state index in [0.717, 1.165) is 60.7 Å². The van der Waals surface area contributed by atoms with Crippen LogP contribution in [0.1, 0.15) is 24.0 Å². The molecule has 246 valence electrons. The average Bonchev–Trinajstić information content (AvgIpc) is 3.03. The van der Waals surface area contributed by atoms with Crippen molar-refractivity contribution in [1.29, 1.82) is 0 Å². The molecule has 2 rings (SSSR count). The Morgan fingerprint density at radius 1 is 0.682 bits per heavy atom. The Morgan fingerprint density at radius 3 is 1.34 bits per heavy atom. The Kier molecular flexibility index (Phi) is 20.8. The predicted octanol–water partition coefficient (Wildman–Crippen LogP) is 5.04. The van der Waals surface area contributed by atoms with Crippen LogP contribution in [-0.4, -0.2) is 109 Å². The molecule has 0 fully saturated rings. The van der Waals surface area contributed by atoms with Crippen molar-refractivity contribution in [3.63, 3.8) is 0 Å². The molecule has 2 aromatic rings. The zero-order valence-corrected chi connectivity index (χ0v) is 31.2. The molecule has 10 nitrogen and oxygen atoms in total. The summed E-state index contributed by atoms with van der Waals surface area (Å²) in [6, 6.07) is 15.0. The summed E-state index contributed by atoms with van der Waals surface area (Å²) in [5.74, 6) is 3.59. The van der Waals surface area contributed by atoms with Crippen molar-refractivity contribution in [3.05, 3.63) is 59.7 Å². The van der Waals surface area contributed by atoms with E-state index in [1.807, 2.05) is 93.5 Å². The van der Waals surface area contributed by atoms with Crippen LogP contribution in [0.3, 0.4) is 0 Å². The van der Waals surface area contributed by atoms with Gasteiger partial charge in [0.2, 0.25) is 0 Å². The fraction of sp³-hybridized carbons (Fsp3) is 0.533. The lowest BCUT2D eigenvalue weighted by Crippen LogP contribution is -2.42. The van der Waals surface area contributed by atoms with Crippen molar-refractivity contribution in [1.82, 2.24) is 16.9 Å². The molecular formula is C30H44I2N4O6S2. The number of nitrogens with zero attached hydrogens (tertiary/aromatic N) is 2. The number of ether oxygens (including phenoxy) is 2. The first kappa shape index (κ1) is 39.2. The summed E-state index contributed by atoms with van der Waals surface area (Å²) in [5.41, 5.74) is 2.47. The zero-order chi connectivity index (χ0) is 32.2. The van der Waals surface area contributed by atoms with Crippen molar-refractivity contribution in [2.45, 2.75) is 36.4 Å². The molecule has 14 heteroatoms. The third kappa shape index (κ3) is 16.0. The minimum absolute atomic E-state index is 0.499. The van der Waals surface area contributed by atoms with Gasteiger partial charge >= 0.3 is 11.9 Å². The summed E-state index contributed by atoms with van der Waals surface area (Å²) >= 11 is 7.52. The topological polar surface area (TPSA) is 124 Å². The number of hydrogen-bond acceptors (Lipinski definition) is 10. The maximum absolute atomic E-state index is 11.6. The number of thioether (sulfide) groups is 2. The van der Waals surface area contributed by atoms with Crippen LogP contribution in [0.5, 0.6) is 11.5 Å². The molecule has 2 aromatic carbocycles. The van der Waals surface area contributed by atoms with Gasteiger partial charge in [0.15, 0.2) is 0 Å². The molecule has 0 unspecified atom stereocenters. The van der Waals surface area contributed by atoms with Gasteiger partial charge in [0.05, 0.1) is 14.2 Å². The highest BCUT2D eigenvalue weighted by atomic mass is 127. The number of halogens is 2. The first-order valence-corrected chi connectivity index (χ1v) is 18.8. The SMILES string of the molecule is COc1ccc(CSCCN(CC[C@H](NI)C(=O)O)CCN(CCSCc2ccc(OC)cc2)CC[C@H](NI)C(=O)O)cc1. The van der Waals surface area contributed by atoms with Crippen LogP contribution in [0.25, 0.3) is 0 Å². The van der Waals surface area contributed by atoms with Gasteiger partial charge in [0.25, 0.3) is 0 Å². The molecule has 0 saturated heterocycles. The Balaban J connectivity index is 1.96. The number of hydrogen-bond donors (Lipinski definition) is 4. The number of carboxylic acid groups (broad SMARTS) is 2. The van der Waals surface area contributed by atoms with Gasteiger partial charge in [-0.2, -0.15) is 23.5 Å². The lowest BCUT2D eigenvalue weighted by atomic mass is 10.2. The molecule has 0 heterocycles. The second-order valence-corrected chi connectivity index (χ2v) is 13.5. The standard InChI is InChI=1S/C30H44I2N4O6S2/c1-41-25-7-3-23(4-8-25)21-43-19-17-35(13-11-27(33-31)29(37)38)15-16-36(14-12-28(34-32)30(39)40)18-20-44-22-24-5-9-26(42-2)10-6-24/h3-10,27-28,33-34H,11-22H2,1-2H3,(H,37,38)(H,39,40)/t27-,28-/m0/s1. The average molecular weight is 875 g/mol. The van der Waals surface area contributed by atoms with Gasteiger partial charge in [-0.15, -0.1) is 0 Å². The number of benzene rings is 2. The Hall–Kier alpha value is -1.02. The van der Waals surface area contributed by atoms with E-state index in [1.54, 1.807) is 14.2 Å². The molecule has 4 N–H and O–H groups in total. The smallest absolute Gasteiger partial charge is 0.321 e. The van der Waals surface area contributed by atoms with Crippen LogP contribution >= 0.6 is 69.3 Å². The van der Waals surface area contributed by atoms with Crippen molar-refractivity contribution in [2.24, 2.45) is 0 Å². The van der Waals surface area contributed by atoms with Crippen molar-refractivity contribution in [2.75, 3.05) is 65.0 Å². The van der Waals surface area contributed by atoms with Crippen molar-refractivity contribution in [3.8, 4) is 11.5 Å². The molecule has 0 spiro atoms. The highest BCUT2D eigenvalue weighted by molar-refractivity contribution is 14.1. The van der Waals surface area contributed by atoms with Crippen LogP contribution in [0.4, 0.5) is 0 Å². The van der Waals surface area contributed by atoms with Gasteiger partial charge in [0.1, 0.15) is 23.6 Å². The largest absolute Gasteiger partial charge is 0.497 e. The van der Waals surface area contributed by atoms with E-state index in [4.69, 9.17) is 9.47 Å². The van der Waals surface area contributed by atoms with E-state index in [1.165, 1.54) is 11.1 Å². The van der Waals surface area contributed by atoms with E-state index in [9.17, 15) is 19.8 Å². The first-order chi connectivity index (χ1) is 21.3. The highest BCUT2D eigenvalue weighted by Gasteiger charge is 2.20. The molecule has 0 aromatic heterocycles. The lowest BCUT2D eigenvalue weighted by Gasteiger charge is -2.29. The molecule has 44 heavy (non-hydrogen) atoms. The minimum Gasteiger partial charge on any atom is -0.497 e. The van der Waals surface area contributed by atoms with Gasteiger partial charge in [-0.3, -0.25) is 9.59 Å². The summed E-state index contributed by atoms with van der Waals surface area (Å²) in [7, 11) is 3.32. The quantitative estimate of drug-likeness (QED) is 0.0608. The Morgan fingerprint density at radius 2 is 1.05 bits per heavy atom. The molecule has 0 aliphatic carbocycles. The van der Waals surface area contributed by atoms with E-state index in [0.29, 0.717) is 25.9 Å². The van der Waals surface area contributed by atoms with Gasteiger partial charge < -0.3 is 29.5 Å². The maximum atomic E-state index is 11.6. The summed E-state index contributed by atoms with van der Waals surface area (Å²) in [5, 5.41) is 19.1. The molecular weight excluding hydrogens is 830 g/mol. The number of rotatable bonds is 25. The Bertz CT molecular complexity index is 1000. The number of nitrogens with one attached hydrogen (secondary N) is 2. The number of carboxylic acids is 2. The van der Waals surface area contributed by atoms with Crippen LogP contribution in [0.15, 0.2) is 48.5 Å². The number of carbonyl (C=O) groups is 2.